The summed E-state index contributed by atoms with van der Waals surface area (Å²) >= 11 is 0. The van der Waals surface area contributed by atoms with Crippen molar-refractivity contribution < 1.29 is 14.1 Å². The van der Waals surface area contributed by atoms with Crippen LogP contribution in [0, 0.1) is 0 Å². The van der Waals surface area contributed by atoms with Gasteiger partial charge in [0.1, 0.15) is 19.2 Å². The molecule has 4 heteroatoms. The van der Waals surface area contributed by atoms with Crippen molar-refractivity contribution in [3.05, 3.63) is 65.6 Å². The highest BCUT2D eigenvalue weighted by molar-refractivity contribution is 5.88. The minimum atomic E-state index is -0.317. The zero-order chi connectivity index (χ0) is 16.4. The second-order valence-corrected chi connectivity index (χ2v) is 6.13. The van der Waals surface area contributed by atoms with Crippen molar-refractivity contribution >= 4 is 16.9 Å². The first-order valence-electron chi connectivity index (χ1n) is 7.77. The minimum absolute atomic E-state index is 0. The lowest BCUT2D eigenvalue weighted by atomic mass is 10.0. The third kappa shape index (κ3) is 3.82. The van der Waals surface area contributed by atoms with Crippen LogP contribution in [0.25, 0.3) is 10.9 Å². The Morgan fingerprint density at radius 3 is 2.75 bits per heavy atom. The summed E-state index contributed by atoms with van der Waals surface area (Å²) in [5, 5.41) is 1.15. The van der Waals surface area contributed by atoms with Crippen LogP contribution in [0.5, 0.6) is 0 Å². The van der Waals surface area contributed by atoms with Crippen molar-refractivity contribution in [3.8, 4) is 0 Å². The number of hydrogen-bond donors (Lipinski definition) is 1. The van der Waals surface area contributed by atoms with Crippen LogP contribution in [0.1, 0.15) is 48.8 Å². The van der Waals surface area contributed by atoms with E-state index >= 15 is 0 Å². The average molecular weight is 325 g/mol. The van der Waals surface area contributed by atoms with Crippen molar-refractivity contribution in [3.63, 3.8) is 0 Å². The third-order valence-electron chi connectivity index (χ3n) is 3.90. The number of pyridine rings is 1. The van der Waals surface area contributed by atoms with Crippen molar-refractivity contribution in [2.75, 3.05) is 0 Å². The number of aromatic nitrogens is 2. The number of aromatic amines is 1. The summed E-state index contributed by atoms with van der Waals surface area (Å²) in [4.78, 5) is 15.4. The molecule has 0 aliphatic rings. The molecule has 126 valence electrons. The Kier molecular flexibility index (Phi) is 5.39. The Hall–Kier alpha value is -2.62. The van der Waals surface area contributed by atoms with E-state index in [0.29, 0.717) is 11.5 Å². The zero-order valence-corrected chi connectivity index (χ0v) is 13.7. The van der Waals surface area contributed by atoms with Crippen LogP contribution in [-0.4, -0.2) is 11.0 Å². The number of nitrogens with zero attached hydrogens (tertiary/aromatic N) is 1. The van der Waals surface area contributed by atoms with Crippen molar-refractivity contribution in [1.29, 1.82) is 0 Å². The van der Waals surface area contributed by atoms with E-state index < -0.39 is 0 Å². The second-order valence-electron chi connectivity index (χ2n) is 6.13. The summed E-state index contributed by atoms with van der Waals surface area (Å²) in [6.45, 7) is 4.59. The fourth-order valence-corrected chi connectivity index (χ4v) is 2.58. The van der Waals surface area contributed by atoms with Gasteiger partial charge in [0, 0.05) is 17.0 Å². The van der Waals surface area contributed by atoms with Crippen LogP contribution >= 0.6 is 0 Å². The van der Waals surface area contributed by atoms with Gasteiger partial charge in [0.15, 0.2) is 12.4 Å². The molecule has 2 aromatic heterocycles. The Morgan fingerprint density at radius 1 is 1.25 bits per heavy atom. The third-order valence-corrected chi connectivity index (χ3v) is 3.90. The first-order valence-corrected chi connectivity index (χ1v) is 7.77. The van der Waals surface area contributed by atoms with E-state index in [0.717, 1.165) is 16.6 Å². The number of carbonyl (C=O) groups excluding carboxylic acids is 1. The van der Waals surface area contributed by atoms with E-state index in [1.54, 1.807) is 12.3 Å². The molecule has 0 atom stereocenters. The van der Waals surface area contributed by atoms with Crippen LogP contribution in [0.4, 0.5) is 0 Å². The van der Waals surface area contributed by atoms with Crippen LogP contribution in [0.15, 0.2) is 48.8 Å². The molecular formula is C20H25N2O2+. The molecule has 0 saturated carbocycles. The number of nitrogens with one attached hydrogen (secondary N) is 1. The average Bonchev–Trinajstić information content (AvgIpc) is 2.94. The number of H-pyrrole nitrogens is 1. The van der Waals surface area contributed by atoms with Gasteiger partial charge in [0.2, 0.25) is 0 Å². The summed E-state index contributed by atoms with van der Waals surface area (Å²) in [6, 6.07) is 12.0. The van der Waals surface area contributed by atoms with Crippen LogP contribution in [0.3, 0.4) is 0 Å². The summed E-state index contributed by atoms with van der Waals surface area (Å²) in [7, 11) is 1.88. The Morgan fingerprint density at radius 2 is 2.04 bits per heavy atom. The summed E-state index contributed by atoms with van der Waals surface area (Å²) in [5.41, 5.74) is 3.81. The molecule has 0 amide bonds. The lowest BCUT2D eigenvalue weighted by Crippen LogP contribution is -2.28. The van der Waals surface area contributed by atoms with Crippen LogP contribution in [0.2, 0.25) is 0 Å². The van der Waals surface area contributed by atoms with Gasteiger partial charge in [-0.1, -0.05) is 27.3 Å². The molecule has 1 N–H and O–H groups in total. The normalized spacial score (nSPS) is 10.7. The highest BCUT2D eigenvalue weighted by atomic mass is 16.5. The number of carbonyl (C=O) groups is 1. The van der Waals surface area contributed by atoms with Crippen LogP contribution < -0.4 is 4.57 Å². The monoisotopic (exact) mass is 325 g/mol. The molecule has 0 saturated heterocycles. The number of hydrogen-bond acceptors (Lipinski definition) is 2. The molecule has 0 aliphatic heterocycles. The molecule has 0 bridgehead atoms. The Balaban J connectivity index is 0.00000208. The molecule has 0 unspecified atom stereocenters. The quantitative estimate of drug-likeness (QED) is 0.579. The van der Waals surface area contributed by atoms with Crippen molar-refractivity contribution in [1.82, 2.24) is 4.98 Å². The number of rotatable bonds is 4. The molecule has 0 aliphatic carbocycles. The minimum Gasteiger partial charge on any atom is -0.456 e. The lowest BCUT2D eigenvalue weighted by molar-refractivity contribution is -0.671. The highest BCUT2D eigenvalue weighted by Crippen LogP contribution is 2.22. The fourth-order valence-electron chi connectivity index (χ4n) is 2.58. The molecule has 2 heterocycles. The topological polar surface area (TPSA) is 46.0 Å². The van der Waals surface area contributed by atoms with Gasteiger partial charge in [-0.3, -0.25) is 0 Å². The fraction of sp³-hybridized carbons (Fsp3) is 0.300. The number of ether oxygens (including phenoxy) is 1. The molecule has 1 aromatic carbocycles. The van der Waals surface area contributed by atoms with E-state index in [9.17, 15) is 4.79 Å². The summed E-state index contributed by atoms with van der Waals surface area (Å²) in [5.74, 6) is 0.178. The zero-order valence-electron chi connectivity index (χ0n) is 13.7. The highest BCUT2D eigenvalue weighted by Gasteiger charge is 2.12. The molecule has 3 rings (SSSR count). The lowest BCUT2D eigenvalue weighted by Gasteiger charge is -2.03. The van der Waals surface area contributed by atoms with E-state index in [-0.39, 0.29) is 20.0 Å². The van der Waals surface area contributed by atoms with Gasteiger partial charge in [0.25, 0.3) is 0 Å². The molecular weight excluding hydrogens is 300 g/mol. The van der Waals surface area contributed by atoms with Gasteiger partial charge in [-0.15, -0.1) is 0 Å². The molecule has 24 heavy (non-hydrogen) atoms. The first kappa shape index (κ1) is 17.7. The standard InChI is InChI=1S/C19H21N2O2.CH4/c1-13(2)14-6-7-18-16(9-14)10-17(20-18)12-23-19(22)15-5-4-8-21(3)11-15;/h4-11,13,20H,12H2,1-3H3;1H4/q+1;. The van der Waals surface area contributed by atoms with Crippen LogP contribution in [-0.2, 0) is 18.4 Å². The molecule has 0 radical (unpaired) electrons. The summed E-state index contributed by atoms with van der Waals surface area (Å²) in [6.07, 6.45) is 3.63. The van der Waals surface area contributed by atoms with E-state index in [1.165, 1.54) is 5.56 Å². The largest absolute Gasteiger partial charge is 0.456 e. The number of benzene rings is 1. The predicted octanol–water partition coefficient (Wildman–Crippen LogP) is 4.11. The number of fused-ring (bicyclic) bond motifs is 1. The maximum absolute atomic E-state index is 12.1. The van der Waals surface area contributed by atoms with Gasteiger partial charge in [-0.05, 0) is 35.7 Å². The second kappa shape index (κ2) is 7.30. The van der Waals surface area contributed by atoms with Gasteiger partial charge >= 0.3 is 5.97 Å². The van der Waals surface area contributed by atoms with E-state index in [2.05, 4.69) is 37.0 Å². The first-order chi connectivity index (χ1) is 11.0. The smallest absolute Gasteiger partial charge is 0.344 e. The SMILES string of the molecule is C.CC(C)c1ccc2[nH]c(COC(=O)c3ccc[n+](C)c3)cc2c1. The summed E-state index contributed by atoms with van der Waals surface area (Å²) < 4.78 is 7.22. The van der Waals surface area contributed by atoms with Crippen molar-refractivity contribution in [2.45, 2.75) is 33.8 Å². The number of esters is 1. The van der Waals surface area contributed by atoms with E-state index in [1.807, 2.05) is 29.9 Å². The predicted molar refractivity (Wildman–Crippen MR) is 95.9 cm³/mol. The molecule has 4 nitrogen and oxygen atoms in total. The van der Waals surface area contributed by atoms with Gasteiger partial charge < -0.3 is 9.72 Å². The Labute approximate surface area is 143 Å². The van der Waals surface area contributed by atoms with Gasteiger partial charge in [0.05, 0.1) is 5.69 Å². The maximum atomic E-state index is 12.1. The molecule has 0 spiro atoms. The number of aryl methyl sites for hydroxylation is 1. The maximum Gasteiger partial charge on any atom is 0.344 e. The van der Waals surface area contributed by atoms with E-state index in [4.69, 9.17) is 4.74 Å². The van der Waals surface area contributed by atoms with Crippen molar-refractivity contribution in [2.24, 2.45) is 7.05 Å². The molecule has 3 aromatic rings. The van der Waals surface area contributed by atoms with Gasteiger partial charge in [-0.25, -0.2) is 9.36 Å². The Bertz CT molecular complexity index is 850. The van der Waals surface area contributed by atoms with Gasteiger partial charge in [-0.2, -0.15) is 0 Å². The molecule has 0 fully saturated rings.